The number of hydrogen-bond donors (Lipinski definition) is 1. The Labute approximate surface area is 146 Å². The Morgan fingerprint density at radius 2 is 2.04 bits per heavy atom. The lowest BCUT2D eigenvalue weighted by Crippen LogP contribution is -2.44. The molecule has 1 aliphatic heterocycles. The molecule has 0 radical (unpaired) electrons. The molecule has 1 aromatic heterocycles. The number of carbonyl (C=O) groups is 1. The second-order valence-corrected chi connectivity index (χ2v) is 8.12. The summed E-state index contributed by atoms with van der Waals surface area (Å²) in [5.74, 6) is 1.46. The van der Waals surface area contributed by atoms with Gasteiger partial charge in [0.1, 0.15) is 5.82 Å². The van der Waals surface area contributed by atoms with Crippen LogP contribution in [0.1, 0.15) is 32.5 Å². The average molecular weight is 335 g/mol. The molecule has 6 nitrogen and oxygen atoms in total. The number of hydrogen-bond acceptors (Lipinski definition) is 4. The Morgan fingerprint density at radius 3 is 2.58 bits per heavy atom. The zero-order valence-electron chi connectivity index (χ0n) is 15.9. The maximum Gasteiger partial charge on any atom is 0.223 e. The minimum absolute atomic E-state index is 0.0953. The molecule has 2 heterocycles. The van der Waals surface area contributed by atoms with Crippen molar-refractivity contribution in [3.05, 3.63) is 18.2 Å². The summed E-state index contributed by atoms with van der Waals surface area (Å²) in [6.07, 6.45) is 5.69. The summed E-state index contributed by atoms with van der Waals surface area (Å²) in [6.45, 7) is 8.89. The van der Waals surface area contributed by atoms with Gasteiger partial charge < -0.3 is 14.8 Å². The molecule has 136 valence electrons. The Hall–Kier alpha value is -1.40. The third kappa shape index (κ3) is 5.60. The number of rotatable bonds is 7. The van der Waals surface area contributed by atoms with Gasteiger partial charge in [-0.1, -0.05) is 13.8 Å². The van der Waals surface area contributed by atoms with Crippen molar-refractivity contribution in [1.29, 1.82) is 0 Å². The summed E-state index contributed by atoms with van der Waals surface area (Å²) >= 11 is 0. The van der Waals surface area contributed by atoms with E-state index in [2.05, 4.69) is 52.6 Å². The predicted molar refractivity (Wildman–Crippen MR) is 96.6 cm³/mol. The van der Waals surface area contributed by atoms with Crippen molar-refractivity contribution in [2.45, 2.75) is 33.2 Å². The number of amides is 1. The van der Waals surface area contributed by atoms with E-state index < -0.39 is 0 Å². The van der Waals surface area contributed by atoms with E-state index in [1.165, 1.54) is 0 Å². The quantitative estimate of drug-likeness (QED) is 0.817. The second-order valence-electron chi connectivity index (χ2n) is 8.12. The van der Waals surface area contributed by atoms with Crippen molar-refractivity contribution in [3.8, 4) is 0 Å². The number of aromatic nitrogens is 2. The SMILES string of the molecule is CN(C)CC(C)(C)CNC(=O)C1CCN(Cc2nccn2C)CC1. The summed E-state index contributed by atoms with van der Waals surface area (Å²) in [6, 6.07) is 0. The number of carbonyl (C=O) groups excluding carboxylic acids is 1. The summed E-state index contributed by atoms with van der Waals surface area (Å²) in [5, 5.41) is 3.17. The molecule has 1 aromatic rings. The van der Waals surface area contributed by atoms with Gasteiger partial charge in [0, 0.05) is 38.4 Å². The zero-order chi connectivity index (χ0) is 17.7. The monoisotopic (exact) mass is 335 g/mol. The highest BCUT2D eigenvalue weighted by atomic mass is 16.1. The van der Waals surface area contributed by atoms with E-state index in [-0.39, 0.29) is 17.2 Å². The first-order chi connectivity index (χ1) is 11.3. The molecule has 1 fully saturated rings. The number of likely N-dealkylation sites (tertiary alicyclic amines) is 1. The van der Waals surface area contributed by atoms with Crippen LogP contribution in [-0.4, -0.2) is 65.5 Å². The molecular formula is C18H33N5O. The van der Waals surface area contributed by atoms with Gasteiger partial charge in [-0.05, 0) is 45.4 Å². The Bertz CT molecular complexity index is 529. The molecule has 0 aliphatic carbocycles. The molecule has 0 spiro atoms. The normalized spacial score (nSPS) is 17.4. The minimum Gasteiger partial charge on any atom is -0.355 e. The Kier molecular flexibility index (Phi) is 6.40. The van der Waals surface area contributed by atoms with Crippen molar-refractivity contribution < 1.29 is 4.79 Å². The highest BCUT2D eigenvalue weighted by Crippen LogP contribution is 2.20. The van der Waals surface area contributed by atoms with Gasteiger partial charge in [-0.2, -0.15) is 0 Å². The number of nitrogens with zero attached hydrogens (tertiary/aromatic N) is 4. The molecule has 1 saturated heterocycles. The molecule has 2 rings (SSSR count). The first-order valence-electron chi connectivity index (χ1n) is 8.88. The van der Waals surface area contributed by atoms with E-state index in [0.717, 1.165) is 51.4 Å². The van der Waals surface area contributed by atoms with Crippen LogP contribution < -0.4 is 5.32 Å². The lowest BCUT2D eigenvalue weighted by Gasteiger charge is -2.32. The van der Waals surface area contributed by atoms with E-state index >= 15 is 0 Å². The van der Waals surface area contributed by atoms with Gasteiger partial charge >= 0.3 is 0 Å². The Morgan fingerprint density at radius 1 is 1.38 bits per heavy atom. The van der Waals surface area contributed by atoms with Crippen LogP contribution in [0.4, 0.5) is 0 Å². The largest absolute Gasteiger partial charge is 0.355 e. The van der Waals surface area contributed by atoms with Crippen LogP contribution in [0.3, 0.4) is 0 Å². The standard InChI is InChI=1S/C18H33N5O/c1-18(2,14-21(3)4)13-20-17(24)15-6-9-23(10-7-15)12-16-19-8-11-22(16)5/h8,11,15H,6-7,9-10,12-14H2,1-5H3,(H,20,24). The fourth-order valence-electron chi connectivity index (χ4n) is 3.48. The van der Waals surface area contributed by atoms with E-state index in [4.69, 9.17) is 0 Å². The number of nitrogens with one attached hydrogen (secondary N) is 1. The van der Waals surface area contributed by atoms with Gasteiger partial charge in [0.2, 0.25) is 5.91 Å². The van der Waals surface area contributed by atoms with Crippen molar-refractivity contribution in [2.24, 2.45) is 18.4 Å². The van der Waals surface area contributed by atoms with Gasteiger partial charge in [0.25, 0.3) is 0 Å². The summed E-state index contributed by atoms with van der Waals surface area (Å²) < 4.78 is 2.06. The first-order valence-corrected chi connectivity index (χ1v) is 8.88. The molecule has 0 atom stereocenters. The highest BCUT2D eigenvalue weighted by molar-refractivity contribution is 5.78. The smallest absolute Gasteiger partial charge is 0.223 e. The van der Waals surface area contributed by atoms with Crippen molar-refractivity contribution in [1.82, 2.24) is 24.7 Å². The predicted octanol–water partition coefficient (Wildman–Crippen LogP) is 1.34. The van der Waals surface area contributed by atoms with Crippen LogP contribution in [0, 0.1) is 11.3 Å². The van der Waals surface area contributed by atoms with E-state index in [0.29, 0.717) is 0 Å². The van der Waals surface area contributed by atoms with Crippen molar-refractivity contribution >= 4 is 5.91 Å². The summed E-state index contributed by atoms with van der Waals surface area (Å²) in [5.41, 5.74) is 0.0953. The molecule has 0 aromatic carbocycles. The average Bonchev–Trinajstić information content (AvgIpc) is 2.90. The van der Waals surface area contributed by atoms with Crippen molar-refractivity contribution in [2.75, 3.05) is 40.3 Å². The fraction of sp³-hybridized carbons (Fsp3) is 0.778. The molecule has 0 unspecified atom stereocenters. The molecule has 0 saturated carbocycles. The van der Waals surface area contributed by atoms with Crippen LogP contribution >= 0.6 is 0 Å². The number of imidazole rings is 1. The number of aryl methyl sites for hydroxylation is 1. The third-order valence-electron chi connectivity index (χ3n) is 4.73. The van der Waals surface area contributed by atoms with E-state index in [9.17, 15) is 4.79 Å². The maximum absolute atomic E-state index is 12.4. The lowest BCUT2D eigenvalue weighted by molar-refractivity contribution is -0.127. The molecule has 6 heteroatoms. The lowest BCUT2D eigenvalue weighted by atomic mass is 9.91. The second kappa shape index (κ2) is 8.12. The van der Waals surface area contributed by atoms with E-state index in [1.54, 1.807) is 0 Å². The highest BCUT2D eigenvalue weighted by Gasteiger charge is 2.27. The first kappa shape index (κ1) is 18.9. The van der Waals surface area contributed by atoms with Crippen LogP contribution in [0.2, 0.25) is 0 Å². The zero-order valence-corrected chi connectivity index (χ0v) is 15.9. The molecule has 1 amide bonds. The van der Waals surface area contributed by atoms with Gasteiger partial charge in [-0.3, -0.25) is 9.69 Å². The summed E-state index contributed by atoms with van der Waals surface area (Å²) in [4.78, 5) is 21.4. The van der Waals surface area contributed by atoms with Gasteiger partial charge in [0.05, 0.1) is 6.54 Å². The third-order valence-corrected chi connectivity index (χ3v) is 4.73. The van der Waals surface area contributed by atoms with Gasteiger partial charge in [-0.25, -0.2) is 4.98 Å². The van der Waals surface area contributed by atoms with Gasteiger partial charge in [0.15, 0.2) is 0 Å². The summed E-state index contributed by atoms with van der Waals surface area (Å²) in [7, 11) is 6.17. The van der Waals surface area contributed by atoms with E-state index in [1.807, 2.05) is 19.4 Å². The van der Waals surface area contributed by atoms with Crippen LogP contribution in [0.15, 0.2) is 12.4 Å². The van der Waals surface area contributed by atoms with Crippen molar-refractivity contribution in [3.63, 3.8) is 0 Å². The molecule has 1 N–H and O–H groups in total. The molecule has 0 bridgehead atoms. The Balaban J connectivity index is 1.73. The molecule has 1 aliphatic rings. The minimum atomic E-state index is 0.0953. The maximum atomic E-state index is 12.4. The van der Waals surface area contributed by atoms with Crippen LogP contribution in [0.25, 0.3) is 0 Å². The van der Waals surface area contributed by atoms with Crippen LogP contribution in [-0.2, 0) is 18.4 Å². The number of piperidine rings is 1. The van der Waals surface area contributed by atoms with Crippen LogP contribution in [0.5, 0.6) is 0 Å². The fourth-order valence-corrected chi connectivity index (χ4v) is 3.48. The molecular weight excluding hydrogens is 302 g/mol. The topological polar surface area (TPSA) is 53.4 Å². The van der Waals surface area contributed by atoms with Gasteiger partial charge in [-0.15, -0.1) is 0 Å². The molecule has 24 heavy (non-hydrogen) atoms.